The third kappa shape index (κ3) is 4.17. The van der Waals surface area contributed by atoms with Gasteiger partial charge < -0.3 is 14.6 Å². The van der Waals surface area contributed by atoms with Crippen LogP contribution in [0, 0.1) is 5.41 Å². The number of benzene rings is 1. The summed E-state index contributed by atoms with van der Waals surface area (Å²) in [5.41, 5.74) is 0.239. The lowest BCUT2D eigenvalue weighted by Gasteiger charge is -2.28. The Balaban J connectivity index is 2.46. The molecule has 0 spiro atoms. The van der Waals surface area contributed by atoms with Crippen LogP contribution in [0.5, 0.6) is 0 Å². The number of esters is 2. The zero-order valence-corrected chi connectivity index (χ0v) is 15.2. The second-order valence-corrected chi connectivity index (χ2v) is 6.77. The van der Waals surface area contributed by atoms with Crippen molar-refractivity contribution in [3.05, 3.63) is 40.7 Å². The molecule has 138 valence electrons. The van der Waals surface area contributed by atoms with E-state index in [0.29, 0.717) is 6.42 Å². The standard InChI is InChI=1S/C19H21NO6/c1-19(2)8-15(21)13(16(22)9-19)10-20-14-7-11(17(23)25-3)5-6-12(14)18(24)26-4/h5-7,10,21H,8-9H2,1-4H3. The summed E-state index contributed by atoms with van der Waals surface area (Å²) in [6, 6.07) is 4.18. The lowest BCUT2D eigenvalue weighted by atomic mass is 9.77. The van der Waals surface area contributed by atoms with Crippen LogP contribution >= 0.6 is 0 Å². The van der Waals surface area contributed by atoms with Gasteiger partial charge in [0.1, 0.15) is 5.76 Å². The van der Waals surface area contributed by atoms with Crippen molar-refractivity contribution in [2.24, 2.45) is 10.4 Å². The monoisotopic (exact) mass is 359 g/mol. The molecule has 0 bridgehead atoms. The molecule has 0 saturated heterocycles. The van der Waals surface area contributed by atoms with Crippen LogP contribution in [0.2, 0.25) is 0 Å². The molecule has 0 fully saturated rings. The first-order valence-electron chi connectivity index (χ1n) is 7.98. The van der Waals surface area contributed by atoms with Crippen molar-refractivity contribution in [1.82, 2.24) is 0 Å². The van der Waals surface area contributed by atoms with Gasteiger partial charge in [-0.25, -0.2) is 9.59 Å². The van der Waals surface area contributed by atoms with Crippen molar-refractivity contribution < 1.29 is 29.0 Å². The Morgan fingerprint density at radius 2 is 1.81 bits per heavy atom. The van der Waals surface area contributed by atoms with Gasteiger partial charge in [-0.2, -0.15) is 0 Å². The number of methoxy groups -OCH3 is 2. The molecule has 7 heteroatoms. The van der Waals surface area contributed by atoms with Gasteiger partial charge >= 0.3 is 11.9 Å². The van der Waals surface area contributed by atoms with E-state index in [1.165, 1.54) is 38.6 Å². The van der Waals surface area contributed by atoms with E-state index in [4.69, 9.17) is 4.74 Å². The molecule has 0 aromatic heterocycles. The van der Waals surface area contributed by atoms with Gasteiger partial charge in [0.05, 0.1) is 36.6 Å². The molecule has 7 nitrogen and oxygen atoms in total. The molecule has 1 N–H and O–H groups in total. The number of nitrogens with zero attached hydrogens (tertiary/aromatic N) is 1. The minimum absolute atomic E-state index is 0.0428. The van der Waals surface area contributed by atoms with E-state index in [2.05, 4.69) is 9.73 Å². The Hall–Kier alpha value is -2.96. The third-order valence-electron chi connectivity index (χ3n) is 4.05. The molecule has 0 saturated carbocycles. The average molecular weight is 359 g/mol. The quantitative estimate of drug-likeness (QED) is 0.654. The Morgan fingerprint density at radius 1 is 1.15 bits per heavy atom. The molecule has 0 radical (unpaired) electrons. The smallest absolute Gasteiger partial charge is 0.340 e. The Labute approximate surface area is 151 Å². The minimum Gasteiger partial charge on any atom is -0.511 e. The number of ether oxygens (including phenoxy) is 2. The molecule has 1 aromatic carbocycles. The SMILES string of the molecule is COC(=O)c1ccc(C(=O)OC)c(N=CC2=C(O)CC(C)(C)CC2=O)c1. The Kier molecular flexibility index (Phi) is 5.59. The van der Waals surface area contributed by atoms with E-state index in [0.717, 1.165) is 0 Å². The summed E-state index contributed by atoms with van der Waals surface area (Å²) < 4.78 is 9.37. The lowest BCUT2D eigenvalue weighted by molar-refractivity contribution is -0.117. The largest absolute Gasteiger partial charge is 0.511 e. The maximum Gasteiger partial charge on any atom is 0.340 e. The van der Waals surface area contributed by atoms with Crippen LogP contribution in [-0.4, -0.2) is 43.3 Å². The maximum absolute atomic E-state index is 12.3. The Morgan fingerprint density at radius 3 is 2.38 bits per heavy atom. The zero-order valence-electron chi connectivity index (χ0n) is 15.2. The van der Waals surface area contributed by atoms with Gasteiger partial charge in [-0.1, -0.05) is 13.8 Å². The number of carbonyl (C=O) groups is 3. The highest BCUT2D eigenvalue weighted by Gasteiger charge is 2.32. The molecule has 26 heavy (non-hydrogen) atoms. The zero-order chi connectivity index (χ0) is 19.5. The first-order valence-corrected chi connectivity index (χ1v) is 7.98. The first-order chi connectivity index (χ1) is 12.2. The Bertz CT molecular complexity index is 819. The molecule has 0 unspecified atom stereocenters. The van der Waals surface area contributed by atoms with E-state index in [1.807, 2.05) is 13.8 Å². The van der Waals surface area contributed by atoms with E-state index in [9.17, 15) is 19.5 Å². The highest BCUT2D eigenvalue weighted by Crippen LogP contribution is 2.35. The summed E-state index contributed by atoms with van der Waals surface area (Å²) in [6.07, 6.45) is 1.85. The second-order valence-electron chi connectivity index (χ2n) is 6.77. The molecular formula is C19H21NO6. The van der Waals surface area contributed by atoms with Gasteiger partial charge in [0.25, 0.3) is 0 Å². The van der Waals surface area contributed by atoms with Crippen LogP contribution in [0.15, 0.2) is 34.5 Å². The number of ketones is 1. The van der Waals surface area contributed by atoms with Crippen LogP contribution in [0.25, 0.3) is 0 Å². The molecule has 0 amide bonds. The fourth-order valence-corrected chi connectivity index (χ4v) is 2.75. The van der Waals surface area contributed by atoms with Gasteiger partial charge in [-0.15, -0.1) is 0 Å². The van der Waals surface area contributed by atoms with Gasteiger partial charge in [0, 0.05) is 19.1 Å². The summed E-state index contributed by atoms with van der Waals surface area (Å²) in [5, 5.41) is 10.2. The van der Waals surface area contributed by atoms with Crippen molar-refractivity contribution in [3.63, 3.8) is 0 Å². The summed E-state index contributed by atoms with van der Waals surface area (Å²) in [5.74, 6) is -1.50. The molecule has 0 aliphatic heterocycles. The molecular weight excluding hydrogens is 338 g/mol. The number of hydrogen-bond donors (Lipinski definition) is 1. The normalized spacial score (nSPS) is 16.7. The maximum atomic E-state index is 12.3. The van der Waals surface area contributed by atoms with Gasteiger partial charge in [0.15, 0.2) is 5.78 Å². The summed E-state index contributed by atoms with van der Waals surface area (Å²) in [4.78, 5) is 40.0. The number of rotatable bonds is 4. The fourth-order valence-electron chi connectivity index (χ4n) is 2.75. The van der Waals surface area contributed by atoms with Crippen molar-refractivity contribution in [3.8, 4) is 0 Å². The minimum atomic E-state index is -0.636. The number of aliphatic imine (C=N–C) groups is 1. The summed E-state index contributed by atoms with van der Waals surface area (Å²) in [6.45, 7) is 3.79. The predicted molar refractivity (Wildman–Crippen MR) is 94.9 cm³/mol. The van der Waals surface area contributed by atoms with Crippen LogP contribution in [0.3, 0.4) is 0 Å². The van der Waals surface area contributed by atoms with Gasteiger partial charge in [-0.05, 0) is 23.6 Å². The topological polar surface area (TPSA) is 102 Å². The number of carbonyl (C=O) groups excluding carboxylic acids is 3. The summed E-state index contributed by atoms with van der Waals surface area (Å²) in [7, 11) is 2.47. The van der Waals surface area contributed by atoms with Gasteiger partial charge in [-0.3, -0.25) is 9.79 Å². The number of allylic oxidation sites excluding steroid dienone is 2. The van der Waals surface area contributed by atoms with Crippen LogP contribution < -0.4 is 0 Å². The number of hydrogen-bond acceptors (Lipinski definition) is 7. The van der Waals surface area contributed by atoms with Crippen molar-refractivity contribution in [2.75, 3.05) is 14.2 Å². The van der Waals surface area contributed by atoms with Gasteiger partial charge in [0.2, 0.25) is 0 Å². The average Bonchev–Trinajstić information content (AvgIpc) is 2.58. The number of aliphatic hydroxyl groups excluding tert-OH is 1. The molecule has 1 aliphatic carbocycles. The molecule has 1 aromatic rings. The lowest BCUT2D eigenvalue weighted by Crippen LogP contribution is -2.26. The predicted octanol–water partition coefficient (Wildman–Crippen LogP) is 3.16. The molecule has 2 rings (SSSR count). The van der Waals surface area contributed by atoms with Crippen molar-refractivity contribution in [2.45, 2.75) is 26.7 Å². The molecule has 1 aliphatic rings. The van der Waals surface area contributed by atoms with E-state index in [1.54, 1.807) is 0 Å². The van der Waals surface area contributed by atoms with E-state index in [-0.39, 0.29) is 45.8 Å². The highest BCUT2D eigenvalue weighted by atomic mass is 16.5. The van der Waals surface area contributed by atoms with E-state index >= 15 is 0 Å². The van der Waals surface area contributed by atoms with Crippen LogP contribution in [-0.2, 0) is 14.3 Å². The molecule has 0 atom stereocenters. The first kappa shape index (κ1) is 19.4. The fraction of sp³-hybridized carbons (Fsp3) is 0.368. The molecule has 0 heterocycles. The van der Waals surface area contributed by atoms with Crippen LogP contribution in [0.1, 0.15) is 47.4 Å². The number of Topliss-reactive ketones (excluding diaryl/α,β-unsaturated/α-hetero) is 1. The second kappa shape index (κ2) is 7.51. The van der Waals surface area contributed by atoms with Crippen molar-refractivity contribution >= 4 is 29.6 Å². The number of aliphatic hydroxyl groups is 1. The summed E-state index contributed by atoms with van der Waals surface area (Å²) >= 11 is 0. The third-order valence-corrected chi connectivity index (χ3v) is 4.05. The van der Waals surface area contributed by atoms with Crippen molar-refractivity contribution in [1.29, 1.82) is 0 Å². The van der Waals surface area contributed by atoms with Crippen LogP contribution in [0.4, 0.5) is 5.69 Å². The van der Waals surface area contributed by atoms with E-state index < -0.39 is 11.9 Å². The highest BCUT2D eigenvalue weighted by molar-refractivity contribution is 6.15.